The number of nitrogens with zero attached hydrogens (tertiary/aromatic N) is 1. The zero-order valence-electron chi connectivity index (χ0n) is 15.7. The van der Waals surface area contributed by atoms with Gasteiger partial charge in [0, 0.05) is 29.6 Å². The van der Waals surface area contributed by atoms with Gasteiger partial charge < -0.3 is 19.1 Å². The summed E-state index contributed by atoms with van der Waals surface area (Å²) in [5, 5.41) is 2.05. The van der Waals surface area contributed by atoms with Crippen LogP contribution in [0.15, 0.2) is 29.6 Å². The van der Waals surface area contributed by atoms with Crippen molar-refractivity contribution in [1.82, 2.24) is 4.90 Å². The highest BCUT2D eigenvalue weighted by Gasteiger charge is 2.27. The fourth-order valence-corrected chi connectivity index (χ4v) is 4.03. The number of hydrogen-bond donors (Lipinski definition) is 0. The molecule has 27 heavy (non-hydrogen) atoms. The average molecular weight is 389 g/mol. The fraction of sp³-hybridized carbons (Fsp3) is 0.400. The lowest BCUT2D eigenvalue weighted by atomic mass is 10.1. The first-order valence-electron chi connectivity index (χ1n) is 8.76. The highest BCUT2D eigenvalue weighted by atomic mass is 32.1. The number of fused-ring (bicyclic) bond motifs is 1. The Morgan fingerprint density at radius 3 is 2.78 bits per heavy atom. The Bertz CT molecular complexity index is 832. The summed E-state index contributed by atoms with van der Waals surface area (Å²) < 4.78 is 15.8. The molecule has 1 atom stereocenters. The summed E-state index contributed by atoms with van der Waals surface area (Å²) in [7, 11) is 3.10. The van der Waals surface area contributed by atoms with Crippen molar-refractivity contribution in [3.63, 3.8) is 0 Å². The first-order valence-corrected chi connectivity index (χ1v) is 9.64. The third kappa shape index (κ3) is 4.42. The van der Waals surface area contributed by atoms with Crippen LogP contribution in [-0.2, 0) is 33.7 Å². The standard InChI is InChI=1S/C20H23NO5S/c1-13(20(23)21-8-6-18-15(12-21)7-9-27-18)26-19(22)10-14-4-5-16(24-2)11-17(14)25-3/h4-5,7,9,11,13H,6,8,10,12H2,1-3H3. The second-order valence-corrected chi connectivity index (χ2v) is 7.37. The Hall–Kier alpha value is -2.54. The summed E-state index contributed by atoms with van der Waals surface area (Å²) >= 11 is 1.72. The zero-order chi connectivity index (χ0) is 19.4. The normalized spacial score (nSPS) is 14.3. The molecule has 0 saturated heterocycles. The van der Waals surface area contributed by atoms with Gasteiger partial charge in [-0.15, -0.1) is 11.3 Å². The molecule has 0 N–H and O–H groups in total. The number of hydrogen-bond acceptors (Lipinski definition) is 6. The van der Waals surface area contributed by atoms with Gasteiger partial charge in [-0.1, -0.05) is 6.07 Å². The molecule has 144 valence electrons. The Morgan fingerprint density at radius 2 is 2.04 bits per heavy atom. The van der Waals surface area contributed by atoms with Gasteiger partial charge in [0.25, 0.3) is 5.91 Å². The summed E-state index contributed by atoms with van der Waals surface area (Å²) in [6.45, 7) is 2.85. The Labute approximate surface area is 162 Å². The van der Waals surface area contributed by atoms with Crippen LogP contribution < -0.4 is 9.47 Å². The molecule has 0 spiro atoms. The number of amides is 1. The topological polar surface area (TPSA) is 65.1 Å². The van der Waals surface area contributed by atoms with E-state index in [1.807, 2.05) is 11.4 Å². The molecule has 1 amide bonds. The molecule has 1 aliphatic heterocycles. The number of thiophene rings is 1. The van der Waals surface area contributed by atoms with E-state index in [1.165, 1.54) is 17.6 Å². The Balaban J connectivity index is 1.58. The van der Waals surface area contributed by atoms with Crippen LogP contribution in [-0.4, -0.2) is 43.6 Å². The van der Waals surface area contributed by atoms with E-state index in [0.717, 1.165) is 6.42 Å². The van der Waals surface area contributed by atoms with Crippen LogP contribution in [0.25, 0.3) is 0 Å². The molecule has 1 unspecified atom stereocenters. The minimum Gasteiger partial charge on any atom is -0.497 e. The van der Waals surface area contributed by atoms with E-state index in [2.05, 4.69) is 0 Å². The minimum absolute atomic E-state index is 0.0272. The molecule has 7 heteroatoms. The van der Waals surface area contributed by atoms with Gasteiger partial charge in [0.05, 0.1) is 20.6 Å². The SMILES string of the molecule is COc1ccc(CC(=O)OC(C)C(=O)N2CCc3sccc3C2)c(OC)c1. The molecule has 3 rings (SSSR count). The lowest BCUT2D eigenvalue weighted by Gasteiger charge is -2.29. The maximum absolute atomic E-state index is 12.6. The molecular formula is C20H23NO5S. The zero-order valence-corrected chi connectivity index (χ0v) is 16.5. The number of esters is 1. The lowest BCUT2D eigenvalue weighted by Crippen LogP contribution is -2.42. The van der Waals surface area contributed by atoms with E-state index in [0.29, 0.717) is 30.2 Å². The van der Waals surface area contributed by atoms with Gasteiger partial charge in [-0.2, -0.15) is 0 Å². The molecule has 0 aliphatic carbocycles. The third-order valence-electron chi connectivity index (χ3n) is 4.60. The van der Waals surface area contributed by atoms with Gasteiger partial charge in [0.2, 0.25) is 0 Å². The van der Waals surface area contributed by atoms with E-state index in [4.69, 9.17) is 14.2 Å². The van der Waals surface area contributed by atoms with E-state index < -0.39 is 12.1 Å². The predicted octanol–water partition coefficient (Wildman–Crippen LogP) is 2.82. The second-order valence-electron chi connectivity index (χ2n) is 6.37. The van der Waals surface area contributed by atoms with Gasteiger partial charge in [-0.05, 0) is 36.4 Å². The Morgan fingerprint density at radius 1 is 1.22 bits per heavy atom. The molecule has 2 heterocycles. The molecular weight excluding hydrogens is 366 g/mol. The fourth-order valence-electron chi connectivity index (χ4n) is 3.14. The van der Waals surface area contributed by atoms with Gasteiger partial charge in [0.15, 0.2) is 6.10 Å². The van der Waals surface area contributed by atoms with Crippen LogP contribution in [0, 0.1) is 0 Å². The van der Waals surface area contributed by atoms with Crippen molar-refractivity contribution in [1.29, 1.82) is 0 Å². The molecule has 2 aromatic rings. The maximum Gasteiger partial charge on any atom is 0.311 e. The number of methoxy groups -OCH3 is 2. The summed E-state index contributed by atoms with van der Waals surface area (Å²) in [6.07, 6.45) is 0.0592. The highest BCUT2D eigenvalue weighted by Crippen LogP contribution is 2.26. The summed E-state index contributed by atoms with van der Waals surface area (Å²) in [5.41, 5.74) is 1.87. The van der Waals surface area contributed by atoms with Crippen molar-refractivity contribution >= 4 is 23.2 Å². The van der Waals surface area contributed by atoms with Crippen molar-refractivity contribution in [3.8, 4) is 11.5 Å². The smallest absolute Gasteiger partial charge is 0.311 e. The van der Waals surface area contributed by atoms with Crippen LogP contribution in [0.1, 0.15) is 22.9 Å². The van der Waals surface area contributed by atoms with Crippen LogP contribution in [0.2, 0.25) is 0 Å². The van der Waals surface area contributed by atoms with Crippen LogP contribution in [0.5, 0.6) is 11.5 Å². The van der Waals surface area contributed by atoms with E-state index in [-0.39, 0.29) is 12.3 Å². The Kier molecular flexibility index (Phi) is 6.01. The molecule has 1 aliphatic rings. The summed E-state index contributed by atoms with van der Waals surface area (Å²) in [4.78, 5) is 28.0. The first-order chi connectivity index (χ1) is 13.0. The molecule has 0 bridgehead atoms. The molecule has 6 nitrogen and oxygen atoms in total. The molecule has 0 saturated carbocycles. The molecule has 1 aromatic heterocycles. The molecule has 0 fully saturated rings. The lowest BCUT2D eigenvalue weighted by molar-refractivity contribution is -0.159. The summed E-state index contributed by atoms with van der Waals surface area (Å²) in [5.74, 6) is 0.561. The monoisotopic (exact) mass is 389 g/mol. The van der Waals surface area contributed by atoms with Crippen molar-refractivity contribution in [2.75, 3.05) is 20.8 Å². The maximum atomic E-state index is 12.6. The molecule has 1 aromatic carbocycles. The van der Waals surface area contributed by atoms with Gasteiger partial charge in [-0.25, -0.2) is 0 Å². The number of ether oxygens (including phenoxy) is 3. The van der Waals surface area contributed by atoms with E-state index in [1.54, 1.807) is 48.5 Å². The van der Waals surface area contributed by atoms with Crippen molar-refractivity contribution in [2.45, 2.75) is 32.4 Å². The average Bonchev–Trinajstić information content (AvgIpc) is 3.15. The minimum atomic E-state index is -0.818. The van der Waals surface area contributed by atoms with Crippen molar-refractivity contribution in [3.05, 3.63) is 45.6 Å². The van der Waals surface area contributed by atoms with Gasteiger partial charge in [0.1, 0.15) is 11.5 Å². The largest absolute Gasteiger partial charge is 0.497 e. The van der Waals surface area contributed by atoms with Gasteiger partial charge >= 0.3 is 5.97 Å². The van der Waals surface area contributed by atoms with Gasteiger partial charge in [-0.3, -0.25) is 9.59 Å². The first kappa shape index (κ1) is 19.2. The van der Waals surface area contributed by atoms with Crippen LogP contribution >= 0.6 is 11.3 Å². The number of rotatable bonds is 6. The molecule has 0 radical (unpaired) electrons. The number of carbonyl (C=O) groups is 2. The predicted molar refractivity (Wildman–Crippen MR) is 102 cm³/mol. The highest BCUT2D eigenvalue weighted by molar-refractivity contribution is 7.10. The number of carbonyl (C=O) groups excluding carboxylic acids is 2. The number of benzene rings is 1. The van der Waals surface area contributed by atoms with E-state index in [9.17, 15) is 9.59 Å². The van der Waals surface area contributed by atoms with Crippen molar-refractivity contribution < 1.29 is 23.8 Å². The van der Waals surface area contributed by atoms with Crippen LogP contribution in [0.3, 0.4) is 0 Å². The van der Waals surface area contributed by atoms with Crippen molar-refractivity contribution in [2.24, 2.45) is 0 Å². The quantitative estimate of drug-likeness (QED) is 0.711. The van der Waals surface area contributed by atoms with Crippen LogP contribution in [0.4, 0.5) is 0 Å². The third-order valence-corrected chi connectivity index (χ3v) is 5.63. The second kappa shape index (κ2) is 8.43. The summed E-state index contributed by atoms with van der Waals surface area (Å²) in [6, 6.07) is 7.27. The van der Waals surface area contributed by atoms with E-state index >= 15 is 0 Å².